The molecule has 0 unspecified atom stereocenters. The molecule has 0 saturated carbocycles. The summed E-state index contributed by atoms with van der Waals surface area (Å²) in [5.41, 5.74) is 4.74. The number of aliphatic imine (C=N–C) groups is 1. The van der Waals surface area contributed by atoms with Crippen LogP contribution in [-0.2, 0) is 11.3 Å². The molecule has 7 heteroatoms. The first-order valence-electron chi connectivity index (χ1n) is 10.9. The minimum atomic E-state index is -0.0570. The number of hydrogen-bond acceptors (Lipinski definition) is 5. The summed E-state index contributed by atoms with van der Waals surface area (Å²) in [5, 5.41) is 3.45. The van der Waals surface area contributed by atoms with Gasteiger partial charge in [-0.05, 0) is 18.6 Å². The number of fused-ring (bicyclic) bond motifs is 3. The maximum atomic E-state index is 13.6. The summed E-state index contributed by atoms with van der Waals surface area (Å²) in [4.78, 5) is 26.8. The fourth-order valence-electron chi connectivity index (χ4n) is 4.16. The Labute approximate surface area is 183 Å². The molecule has 0 atom stereocenters. The van der Waals surface area contributed by atoms with Crippen LogP contribution in [0.25, 0.3) is 0 Å². The monoisotopic (exact) mass is 419 g/mol. The zero-order valence-electron chi connectivity index (χ0n) is 18.4. The van der Waals surface area contributed by atoms with Crippen LogP contribution >= 0.6 is 0 Å². The van der Waals surface area contributed by atoms with Crippen LogP contribution < -0.4 is 10.2 Å². The number of pyridine rings is 1. The number of ether oxygens (including phenoxy) is 1. The molecule has 0 aliphatic carbocycles. The second kappa shape index (κ2) is 7.64. The standard InChI is InChI=1S/C24H29N5O2/c1-16-4-6-17(7-5-16)11-28-20-8-19(25-9-18-12-31-13-18)10-26-21(20)22-27-14-24(2,3)15-29(22)23(28)30/h4-8,10,18,25H,9,11-15H2,1-3H3. The second-order valence-electron chi connectivity index (χ2n) is 9.62. The molecular formula is C24H29N5O2. The molecule has 2 amide bonds. The molecule has 3 aliphatic rings. The molecule has 1 aromatic carbocycles. The van der Waals surface area contributed by atoms with Gasteiger partial charge in [-0.3, -0.25) is 14.8 Å². The SMILES string of the molecule is Cc1ccc(CN2C(=O)N3CC(C)(C)CN=C3c3ncc(NCC4COC4)cc32)cc1. The summed E-state index contributed by atoms with van der Waals surface area (Å²) >= 11 is 0. The van der Waals surface area contributed by atoms with Gasteiger partial charge in [-0.25, -0.2) is 9.78 Å². The number of anilines is 2. The number of nitrogens with zero attached hydrogens (tertiary/aromatic N) is 4. The highest BCUT2D eigenvalue weighted by atomic mass is 16.5. The van der Waals surface area contributed by atoms with Gasteiger partial charge in [0.2, 0.25) is 0 Å². The van der Waals surface area contributed by atoms with Gasteiger partial charge in [0.1, 0.15) is 5.69 Å². The smallest absolute Gasteiger partial charge is 0.330 e. The predicted molar refractivity (Wildman–Crippen MR) is 122 cm³/mol. The van der Waals surface area contributed by atoms with Crippen molar-refractivity contribution in [1.29, 1.82) is 0 Å². The van der Waals surface area contributed by atoms with E-state index in [1.807, 2.05) is 17.2 Å². The molecule has 7 nitrogen and oxygen atoms in total. The minimum absolute atomic E-state index is 0.0362. The van der Waals surface area contributed by atoms with Crippen molar-refractivity contribution in [2.24, 2.45) is 16.3 Å². The van der Waals surface area contributed by atoms with Gasteiger partial charge in [0.25, 0.3) is 0 Å². The van der Waals surface area contributed by atoms with Crippen molar-refractivity contribution in [1.82, 2.24) is 9.88 Å². The van der Waals surface area contributed by atoms with Gasteiger partial charge in [-0.1, -0.05) is 43.7 Å². The average molecular weight is 420 g/mol. The lowest BCUT2D eigenvalue weighted by molar-refractivity contribution is -0.0248. The summed E-state index contributed by atoms with van der Waals surface area (Å²) < 4.78 is 5.27. The Morgan fingerprint density at radius 3 is 2.71 bits per heavy atom. The number of carbonyl (C=O) groups excluding carboxylic acids is 1. The van der Waals surface area contributed by atoms with Crippen LogP contribution in [0.4, 0.5) is 16.2 Å². The summed E-state index contributed by atoms with van der Waals surface area (Å²) in [6, 6.07) is 10.3. The third-order valence-electron chi connectivity index (χ3n) is 6.09. The van der Waals surface area contributed by atoms with Crippen molar-refractivity contribution in [2.45, 2.75) is 27.3 Å². The van der Waals surface area contributed by atoms with Gasteiger partial charge < -0.3 is 10.1 Å². The molecule has 3 aliphatic heterocycles. The van der Waals surface area contributed by atoms with Gasteiger partial charge >= 0.3 is 6.03 Å². The van der Waals surface area contributed by atoms with Crippen LogP contribution in [0.2, 0.25) is 0 Å². The molecule has 5 rings (SSSR count). The molecule has 1 saturated heterocycles. The fourth-order valence-corrected chi connectivity index (χ4v) is 4.16. The molecule has 1 aromatic heterocycles. The van der Waals surface area contributed by atoms with Gasteiger partial charge in [0.15, 0.2) is 5.84 Å². The van der Waals surface area contributed by atoms with Crippen molar-refractivity contribution < 1.29 is 9.53 Å². The number of carbonyl (C=O) groups is 1. The van der Waals surface area contributed by atoms with Crippen LogP contribution in [0.15, 0.2) is 41.5 Å². The third kappa shape index (κ3) is 3.90. The predicted octanol–water partition coefficient (Wildman–Crippen LogP) is 3.68. The Morgan fingerprint density at radius 1 is 1.23 bits per heavy atom. The first kappa shape index (κ1) is 20.0. The van der Waals surface area contributed by atoms with E-state index in [0.717, 1.165) is 42.4 Å². The molecule has 0 radical (unpaired) electrons. The number of amidine groups is 1. The van der Waals surface area contributed by atoms with Gasteiger partial charge in [0, 0.05) is 31.0 Å². The highest BCUT2D eigenvalue weighted by Gasteiger charge is 2.41. The van der Waals surface area contributed by atoms with E-state index in [1.165, 1.54) is 5.56 Å². The van der Waals surface area contributed by atoms with E-state index in [2.05, 4.69) is 50.4 Å². The molecule has 1 fully saturated rings. The molecular weight excluding hydrogens is 390 g/mol. The maximum absolute atomic E-state index is 13.6. The number of aromatic nitrogens is 1. The summed E-state index contributed by atoms with van der Waals surface area (Å²) in [7, 11) is 0. The van der Waals surface area contributed by atoms with E-state index >= 15 is 0 Å². The second-order valence-corrected chi connectivity index (χ2v) is 9.62. The normalized spacial score (nSPS) is 20.0. The molecule has 0 spiro atoms. The molecule has 2 aromatic rings. The largest absolute Gasteiger partial charge is 0.383 e. The summed E-state index contributed by atoms with van der Waals surface area (Å²) in [6.45, 7) is 10.6. The molecule has 4 heterocycles. The van der Waals surface area contributed by atoms with E-state index in [1.54, 1.807) is 4.90 Å². The van der Waals surface area contributed by atoms with Gasteiger partial charge in [0.05, 0.1) is 37.3 Å². The van der Waals surface area contributed by atoms with Crippen molar-refractivity contribution in [2.75, 3.05) is 43.1 Å². The van der Waals surface area contributed by atoms with Crippen molar-refractivity contribution in [3.05, 3.63) is 53.3 Å². The number of rotatable bonds is 5. The highest BCUT2D eigenvalue weighted by molar-refractivity contribution is 6.18. The minimum Gasteiger partial charge on any atom is -0.383 e. The Bertz CT molecular complexity index is 1030. The lowest BCUT2D eigenvalue weighted by Gasteiger charge is -2.43. The lowest BCUT2D eigenvalue weighted by atomic mass is 9.90. The van der Waals surface area contributed by atoms with Crippen LogP contribution in [0.5, 0.6) is 0 Å². The molecule has 0 bridgehead atoms. The maximum Gasteiger partial charge on any atom is 0.330 e. The van der Waals surface area contributed by atoms with E-state index < -0.39 is 0 Å². The van der Waals surface area contributed by atoms with Gasteiger partial charge in [-0.15, -0.1) is 0 Å². The van der Waals surface area contributed by atoms with E-state index in [-0.39, 0.29) is 11.4 Å². The molecule has 1 N–H and O–H groups in total. The van der Waals surface area contributed by atoms with E-state index in [0.29, 0.717) is 31.4 Å². The van der Waals surface area contributed by atoms with Gasteiger partial charge in [-0.2, -0.15) is 0 Å². The number of hydrogen-bond donors (Lipinski definition) is 1. The fraction of sp³-hybridized carbons (Fsp3) is 0.458. The van der Waals surface area contributed by atoms with Crippen LogP contribution in [0, 0.1) is 18.3 Å². The number of amides is 2. The Morgan fingerprint density at radius 2 is 2.00 bits per heavy atom. The summed E-state index contributed by atoms with van der Waals surface area (Å²) in [5.74, 6) is 1.22. The van der Waals surface area contributed by atoms with Crippen LogP contribution in [0.1, 0.15) is 30.7 Å². The molecule has 162 valence electrons. The number of nitrogens with one attached hydrogen (secondary N) is 1. The number of benzene rings is 1. The number of aryl methyl sites for hydroxylation is 1. The van der Waals surface area contributed by atoms with E-state index in [4.69, 9.17) is 14.7 Å². The Balaban J connectivity index is 1.51. The first-order chi connectivity index (χ1) is 14.9. The van der Waals surface area contributed by atoms with E-state index in [9.17, 15) is 4.79 Å². The first-order valence-corrected chi connectivity index (χ1v) is 10.9. The third-order valence-corrected chi connectivity index (χ3v) is 6.09. The van der Waals surface area contributed by atoms with Crippen molar-refractivity contribution in [3.63, 3.8) is 0 Å². The van der Waals surface area contributed by atoms with Crippen molar-refractivity contribution in [3.8, 4) is 0 Å². The Hall–Kier alpha value is -2.93. The number of urea groups is 1. The van der Waals surface area contributed by atoms with Crippen LogP contribution in [0.3, 0.4) is 0 Å². The zero-order valence-corrected chi connectivity index (χ0v) is 18.4. The quantitative estimate of drug-likeness (QED) is 0.803. The Kier molecular flexibility index (Phi) is 4.93. The topological polar surface area (TPSA) is 70.1 Å². The highest BCUT2D eigenvalue weighted by Crippen LogP contribution is 2.35. The average Bonchev–Trinajstić information content (AvgIpc) is 2.71. The zero-order chi connectivity index (χ0) is 21.6. The molecule has 31 heavy (non-hydrogen) atoms. The lowest BCUT2D eigenvalue weighted by Crippen LogP contribution is -2.56. The van der Waals surface area contributed by atoms with Crippen molar-refractivity contribution >= 4 is 23.2 Å². The summed E-state index contributed by atoms with van der Waals surface area (Å²) in [6.07, 6.45) is 1.85. The van der Waals surface area contributed by atoms with Crippen LogP contribution in [-0.4, -0.2) is 54.6 Å².